The highest BCUT2D eigenvalue weighted by Gasteiger charge is 2.31. The lowest BCUT2D eigenvalue weighted by molar-refractivity contribution is 0.0686. The maximum absolute atomic E-state index is 13.9. The van der Waals surface area contributed by atoms with E-state index < -0.39 is 23.1 Å². The first kappa shape index (κ1) is 17.3. The minimum Gasteiger partial charge on any atom is -0.339 e. The van der Waals surface area contributed by atoms with Crippen molar-refractivity contribution >= 4 is 5.91 Å². The Morgan fingerprint density at radius 3 is 2.63 bits per heavy atom. The zero-order chi connectivity index (χ0) is 18.8. The summed E-state index contributed by atoms with van der Waals surface area (Å²) in [5, 5.41) is 3.98. The molecule has 0 aliphatic carbocycles. The summed E-state index contributed by atoms with van der Waals surface area (Å²) >= 11 is 0. The van der Waals surface area contributed by atoms with Crippen LogP contribution in [0.4, 0.5) is 8.78 Å². The summed E-state index contributed by atoms with van der Waals surface area (Å²) in [5.74, 6) is -1.71. The van der Waals surface area contributed by atoms with Gasteiger partial charge in [-0.2, -0.15) is 4.98 Å². The maximum atomic E-state index is 13.9. The molecule has 2 aromatic heterocycles. The molecule has 1 amide bonds. The fraction of sp³-hybridized carbons (Fsp3) is 0.263. The zero-order valence-electron chi connectivity index (χ0n) is 14.3. The second kappa shape index (κ2) is 7.22. The van der Waals surface area contributed by atoms with Crippen LogP contribution in [0.2, 0.25) is 0 Å². The van der Waals surface area contributed by atoms with Crippen LogP contribution in [0.25, 0.3) is 11.4 Å². The van der Waals surface area contributed by atoms with Crippen molar-refractivity contribution < 1.29 is 18.1 Å². The Kier molecular flexibility index (Phi) is 4.62. The predicted molar refractivity (Wildman–Crippen MR) is 91.8 cm³/mol. The average Bonchev–Trinajstić information content (AvgIpc) is 3.19. The van der Waals surface area contributed by atoms with Gasteiger partial charge in [-0.15, -0.1) is 0 Å². The largest absolute Gasteiger partial charge is 0.339 e. The summed E-state index contributed by atoms with van der Waals surface area (Å²) in [5.41, 5.74) is 0.248. The normalized spacial score (nSPS) is 17.1. The number of rotatable bonds is 3. The quantitative estimate of drug-likeness (QED) is 0.706. The minimum atomic E-state index is -0.861. The second-order valence-corrected chi connectivity index (χ2v) is 6.38. The standard InChI is InChI=1S/C19H16F2N4O2/c20-14-4-1-5-15(21)16(14)19(26)25-10-2-3-13(11-25)18-23-17(24-27-18)12-6-8-22-9-7-12/h1,4-9,13H,2-3,10-11H2/t13-/m0/s1. The van der Waals surface area contributed by atoms with Crippen molar-refractivity contribution in [2.24, 2.45) is 0 Å². The van der Waals surface area contributed by atoms with E-state index in [1.807, 2.05) is 0 Å². The summed E-state index contributed by atoms with van der Waals surface area (Å²) in [6.45, 7) is 0.693. The van der Waals surface area contributed by atoms with E-state index in [2.05, 4.69) is 15.1 Å². The van der Waals surface area contributed by atoms with E-state index >= 15 is 0 Å². The summed E-state index contributed by atoms with van der Waals surface area (Å²) < 4.78 is 33.2. The number of benzene rings is 1. The van der Waals surface area contributed by atoms with Gasteiger partial charge in [-0.3, -0.25) is 9.78 Å². The molecule has 1 fully saturated rings. The first-order chi connectivity index (χ1) is 13.1. The number of hydrogen-bond acceptors (Lipinski definition) is 5. The van der Waals surface area contributed by atoms with Gasteiger partial charge in [0, 0.05) is 31.0 Å². The molecule has 0 saturated carbocycles. The summed E-state index contributed by atoms with van der Waals surface area (Å²) in [7, 11) is 0. The van der Waals surface area contributed by atoms with E-state index in [1.165, 1.54) is 11.0 Å². The Balaban J connectivity index is 1.54. The number of likely N-dealkylation sites (tertiary alicyclic amines) is 1. The lowest BCUT2D eigenvalue weighted by atomic mass is 9.97. The number of hydrogen-bond donors (Lipinski definition) is 0. The van der Waals surface area contributed by atoms with E-state index in [9.17, 15) is 13.6 Å². The van der Waals surface area contributed by atoms with Gasteiger partial charge >= 0.3 is 0 Å². The number of nitrogens with zero attached hydrogens (tertiary/aromatic N) is 4. The van der Waals surface area contributed by atoms with Gasteiger partial charge in [-0.25, -0.2) is 8.78 Å². The highest BCUT2D eigenvalue weighted by atomic mass is 19.1. The van der Waals surface area contributed by atoms with E-state index in [0.717, 1.165) is 24.1 Å². The van der Waals surface area contributed by atoms with E-state index in [1.54, 1.807) is 24.5 Å². The number of piperidine rings is 1. The molecule has 1 saturated heterocycles. The third-order valence-electron chi connectivity index (χ3n) is 4.61. The van der Waals surface area contributed by atoms with Crippen molar-refractivity contribution in [3.8, 4) is 11.4 Å². The number of amides is 1. The molecule has 4 rings (SSSR count). The van der Waals surface area contributed by atoms with Crippen molar-refractivity contribution in [1.82, 2.24) is 20.0 Å². The van der Waals surface area contributed by atoms with Gasteiger partial charge in [0.25, 0.3) is 5.91 Å². The van der Waals surface area contributed by atoms with Crippen LogP contribution in [-0.2, 0) is 0 Å². The van der Waals surface area contributed by atoms with Crippen molar-refractivity contribution in [2.45, 2.75) is 18.8 Å². The van der Waals surface area contributed by atoms with E-state index in [-0.39, 0.29) is 12.5 Å². The maximum Gasteiger partial charge on any atom is 0.259 e. The molecule has 27 heavy (non-hydrogen) atoms. The van der Waals surface area contributed by atoms with Crippen LogP contribution >= 0.6 is 0 Å². The number of halogens is 2. The summed E-state index contributed by atoms with van der Waals surface area (Å²) in [4.78, 5) is 22.4. The molecule has 0 radical (unpaired) electrons. The Hall–Kier alpha value is -3.16. The van der Waals surface area contributed by atoms with Crippen LogP contribution < -0.4 is 0 Å². The third-order valence-corrected chi connectivity index (χ3v) is 4.61. The first-order valence-electron chi connectivity index (χ1n) is 8.61. The predicted octanol–water partition coefficient (Wildman–Crippen LogP) is 3.43. The first-order valence-corrected chi connectivity index (χ1v) is 8.61. The Morgan fingerprint density at radius 2 is 1.89 bits per heavy atom. The van der Waals surface area contributed by atoms with Crippen LogP contribution in [0, 0.1) is 11.6 Å². The molecular weight excluding hydrogens is 354 g/mol. The number of carbonyl (C=O) groups is 1. The monoisotopic (exact) mass is 370 g/mol. The Bertz CT molecular complexity index is 941. The van der Waals surface area contributed by atoms with Gasteiger partial charge in [0.1, 0.15) is 17.2 Å². The van der Waals surface area contributed by atoms with Crippen LogP contribution in [0.15, 0.2) is 47.2 Å². The summed E-state index contributed by atoms with van der Waals surface area (Å²) in [6.07, 6.45) is 4.70. The van der Waals surface area contributed by atoms with Crippen LogP contribution in [0.5, 0.6) is 0 Å². The molecule has 0 unspecified atom stereocenters. The molecular formula is C19H16F2N4O2. The average molecular weight is 370 g/mol. The van der Waals surface area contributed by atoms with Crippen molar-refractivity contribution in [1.29, 1.82) is 0 Å². The van der Waals surface area contributed by atoms with Crippen molar-refractivity contribution in [2.75, 3.05) is 13.1 Å². The van der Waals surface area contributed by atoms with Crippen molar-refractivity contribution in [3.63, 3.8) is 0 Å². The lowest BCUT2D eigenvalue weighted by Crippen LogP contribution is -2.40. The Morgan fingerprint density at radius 1 is 1.15 bits per heavy atom. The molecule has 1 aliphatic rings. The molecule has 0 N–H and O–H groups in total. The summed E-state index contributed by atoms with van der Waals surface area (Å²) in [6, 6.07) is 6.94. The van der Waals surface area contributed by atoms with Gasteiger partial charge in [0.15, 0.2) is 0 Å². The molecule has 1 aliphatic heterocycles. The number of pyridine rings is 1. The molecule has 6 nitrogen and oxygen atoms in total. The molecule has 0 bridgehead atoms. The topological polar surface area (TPSA) is 72.1 Å². The van der Waals surface area contributed by atoms with E-state index in [4.69, 9.17) is 4.52 Å². The zero-order valence-corrected chi connectivity index (χ0v) is 14.3. The Labute approximate surface area is 153 Å². The molecule has 1 atom stereocenters. The van der Waals surface area contributed by atoms with Gasteiger partial charge in [-0.05, 0) is 37.1 Å². The van der Waals surface area contributed by atoms with Crippen molar-refractivity contribution in [3.05, 3.63) is 65.8 Å². The molecule has 0 spiro atoms. The molecule has 3 heterocycles. The number of aromatic nitrogens is 3. The third kappa shape index (κ3) is 3.42. The van der Waals surface area contributed by atoms with E-state index in [0.29, 0.717) is 24.7 Å². The smallest absolute Gasteiger partial charge is 0.259 e. The highest BCUT2D eigenvalue weighted by Crippen LogP contribution is 2.29. The van der Waals surface area contributed by atoms with Crippen LogP contribution in [-0.4, -0.2) is 39.0 Å². The van der Waals surface area contributed by atoms with Gasteiger partial charge in [0.2, 0.25) is 11.7 Å². The fourth-order valence-corrected chi connectivity index (χ4v) is 3.24. The van der Waals surface area contributed by atoms with Gasteiger partial charge < -0.3 is 9.42 Å². The van der Waals surface area contributed by atoms with Gasteiger partial charge in [0.05, 0.1) is 5.92 Å². The highest BCUT2D eigenvalue weighted by molar-refractivity contribution is 5.94. The molecule has 3 aromatic rings. The lowest BCUT2D eigenvalue weighted by Gasteiger charge is -2.31. The minimum absolute atomic E-state index is 0.180. The van der Waals surface area contributed by atoms with Crippen LogP contribution in [0.1, 0.15) is 35.0 Å². The second-order valence-electron chi connectivity index (χ2n) is 6.38. The molecule has 138 valence electrons. The molecule has 1 aromatic carbocycles. The van der Waals surface area contributed by atoms with Gasteiger partial charge in [-0.1, -0.05) is 11.2 Å². The fourth-order valence-electron chi connectivity index (χ4n) is 3.24. The molecule has 8 heteroatoms. The van der Waals surface area contributed by atoms with Crippen LogP contribution in [0.3, 0.4) is 0 Å². The SMILES string of the molecule is O=C(c1c(F)cccc1F)N1CCC[C@H](c2nc(-c3ccncc3)no2)C1. The number of carbonyl (C=O) groups excluding carboxylic acids is 1.